The third-order valence-corrected chi connectivity index (χ3v) is 4.22. The molecule has 0 atom stereocenters. The molecular weight excluding hydrogens is 294 g/mol. The van der Waals surface area contributed by atoms with Crippen LogP contribution in [-0.4, -0.2) is 27.4 Å². The molecule has 1 aliphatic rings. The number of hydrogen-bond donors (Lipinski definition) is 0. The zero-order valence-corrected chi connectivity index (χ0v) is 13.1. The van der Waals surface area contributed by atoms with Crippen LogP contribution in [0.15, 0.2) is 11.1 Å². The van der Waals surface area contributed by atoms with Crippen molar-refractivity contribution in [2.75, 3.05) is 21.3 Å². The number of nitrogens with zero attached hydrogens (tertiary/aromatic N) is 1. The smallest absolute Gasteiger partial charge is 0.235 e. The molecule has 0 amide bonds. The van der Waals surface area contributed by atoms with Crippen LogP contribution in [0.1, 0.15) is 31.2 Å². The molecule has 0 N–H and O–H groups in total. The van der Waals surface area contributed by atoms with Crippen LogP contribution in [0.4, 0.5) is 0 Å². The molecule has 2 rings (SSSR count). The molecule has 0 bridgehead atoms. The van der Waals surface area contributed by atoms with Crippen molar-refractivity contribution in [3.8, 4) is 17.2 Å². The SMILES string of the molecule is COc1cc(Cl)c(OC)c(C2(N=C=O)CCCC2)c1OC. The molecule has 0 radical (unpaired) electrons. The summed E-state index contributed by atoms with van der Waals surface area (Å²) in [6.07, 6.45) is 5.06. The average molecular weight is 312 g/mol. The van der Waals surface area contributed by atoms with Gasteiger partial charge in [0.1, 0.15) is 11.3 Å². The van der Waals surface area contributed by atoms with Gasteiger partial charge in [-0.3, -0.25) is 0 Å². The van der Waals surface area contributed by atoms with Crippen molar-refractivity contribution in [1.29, 1.82) is 0 Å². The van der Waals surface area contributed by atoms with Gasteiger partial charge in [-0.25, -0.2) is 4.79 Å². The Morgan fingerprint density at radius 3 is 2.24 bits per heavy atom. The van der Waals surface area contributed by atoms with Crippen LogP contribution in [0.3, 0.4) is 0 Å². The van der Waals surface area contributed by atoms with E-state index in [0.29, 0.717) is 27.8 Å². The minimum atomic E-state index is -0.712. The molecule has 114 valence electrons. The highest BCUT2D eigenvalue weighted by molar-refractivity contribution is 6.32. The molecule has 1 aromatic carbocycles. The summed E-state index contributed by atoms with van der Waals surface area (Å²) in [6.45, 7) is 0. The molecular formula is C15H18ClNO4. The van der Waals surface area contributed by atoms with E-state index in [1.807, 2.05) is 0 Å². The lowest BCUT2D eigenvalue weighted by Gasteiger charge is -2.28. The second-order valence-electron chi connectivity index (χ2n) is 4.94. The van der Waals surface area contributed by atoms with Gasteiger partial charge in [-0.05, 0) is 12.8 Å². The number of halogens is 1. The molecule has 1 aromatic rings. The van der Waals surface area contributed by atoms with Crippen molar-refractivity contribution in [2.45, 2.75) is 31.2 Å². The van der Waals surface area contributed by atoms with E-state index in [1.54, 1.807) is 19.3 Å². The number of hydrogen-bond acceptors (Lipinski definition) is 5. The maximum atomic E-state index is 10.9. The Kier molecular flexibility index (Phi) is 4.76. The highest BCUT2D eigenvalue weighted by Crippen LogP contribution is 2.54. The molecule has 0 unspecified atom stereocenters. The van der Waals surface area contributed by atoms with Gasteiger partial charge in [0.2, 0.25) is 6.08 Å². The second-order valence-corrected chi connectivity index (χ2v) is 5.35. The lowest BCUT2D eigenvalue weighted by Crippen LogP contribution is -2.21. The number of ether oxygens (including phenoxy) is 3. The highest BCUT2D eigenvalue weighted by atomic mass is 35.5. The van der Waals surface area contributed by atoms with Crippen LogP contribution in [0.2, 0.25) is 5.02 Å². The standard InChI is InChI=1S/C15H18ClNO4/c1-19-11-8-10(16)13(20-2)12(14(11)21-3)15(17-9-18)6-4-5-7-15/h8H,4-7H2,1-3H3. The molecule has 0 aliphatic heterocycles. The fraction of sp³-hybridized carbons (Fsp3) is 0.533. The van der Waals surface area contributed by atoms with E-state index < -0.39 is 5.54 Å². The third-order valence-electron chi connectivity index (χ3n) is 3.94. The van der Waals surface area contributed by atoms with Crippen molar-refractivity contribution >= 4 is 17.7 Å². The molecule has 21 heavy (non-hydrogen) atoms. The van der Waals surface area contributed by atoms with E-state index in [0.717, 1.165) is 25.7 Å². The molecule has 1 aliphatic carbocycles. The van der Waals surface area contributed by atoms with Crippen LogP contribution in [0, 0.1) is 0 Å². The molecule has 0 saturated heterocycles. The van der Waals surface area contributed by atoms with Gasteiger partial charge in [0.05, 0.1) is 31.9 Å². The molecule has 0 spiro atoms. The summed E-state index contributed by atoms with van der Waals surface area (Å²) in [4.78, 5) is 15.0. The quantitative estimate of drug-likeness (QED) is 0.617. The zero-order valence-electron chi connectivity index (χ0n) is 12.4. The van der Waals surface area contributed by atoms with Gasteiger partial charge in [-0.2, -0.15) is 4.99 Å². The molecule has 0 aromatic heterocycles. The summed E-state index contributed by atoms with van der Waals surface area (Å²) in [7, 11) is 4.61. The van der Waals surface area contributed by atoms with Crippen molar-refractivity contribution in [1.82, 2.24) is 0 Å². The number of aliphatic imine (C=N–C) groups is 1. The number of rotatable bonds is 5. The zero-order chi connectivity index (χ0) is 15.5. The van der Waals surface area contributed by atoms with Crippen molar-refractivity contribution < 1.29 is 19.0 Å². The van der Waals surface area contributed by atoms with Gasteiger partial charge in [-0.15, -0.1) is 0 Å². The molecule has 6 heteroatoms. The average Bonchev–Trinajstić information content (AvgIpc) is 2.95. The Morgan fingerprint density at radius 1 is 1.14 bits per heavy atom. The Hall–Kier alpha value is -1.71. The predicted molar refractivity (Wildman–Crippen MR) is 79.4 cm³/mol. The summed E-state index contributed by atoms with van der Waals surface area (Å²) in [6, 6.07) is 1.63. The van der Waals surface area contributed by atoms with Gasteiger partial charge in [0.15, 0.2) is 11.5 Å². The van der Waals surface area contributed by atoms with E-state index >= 15 is 0 Å². The summed E-state index contributed by atoms with van der Waals surface area (Å²) < 4.78 is 16.3. The molecule has 1 fully saturated rings. The first-order chi connectivity index (χ1) is 10.1. The maximum absolute atomic E-state index is 10.9. The van der Waals surface area contributed by atoms with E-state index in [-0.39, 0.29) is 0 Å². The minimum Gasteiger partial charge on any atom is -0.495 e. The summed E-state index contributed by atoms with van der Waals surface area (Å²) in [5.74, 6) is 1.46. The summed E-state index contributed by atoms with van der Waals surface area (Å²) >= 11 is 6.28. The van der Waals surface area contributed by atoms with Crippen LogP contribution < -0.4 is 14.2 Å². The van der Waals surface area contributed by atoms with Gasteiger partial charge in [0.25, 0.3) is 0 Å². The third kappa shape index (κ3) is 2.59. The Balaban J connectivity index is 2.80. The largest absolute Gasteiger partial charge is 0.495 e. The summed E-state index contributed by atoms with van der Waals surface area (Å²) in [5, 5.41) is 0.400. The van der Waals surface area contributed by atoms with Crippen LogP contribution in [-0.2, 0) is 10.3 Å². The number of isocyanates is 1. The van der Waals surface area contributed by atoms with Crippen molar-refractivity contribution in [3.05, 3.63) is 16.7 Å². The fourth-order valence-electron chi connectivity index (χ4n) is 3.03. The normalized spacial score (nSPS) is 16.2. The minimum absolute atomic E-state index is 0.400. The van der Waals surface area contributed by atoms with Crippen LogP contribution in [0.5, 0.6) is 17.2 Å². The van der Waals surface area contributed by atoms with Crippen LogP contribution >= 0.6 is 11.6 Å². The Bertz CT molecular complexity index is 576. The number of methoxy groups -OCH3 is 3. The van der Waals surface area contributed by atoms with Gasteiger partial charge < -0.3 is 14.2 Å². The number of carbonyl (C=O) groups excluding carboxylic acids is 1. The Labute approximate surface area is 128 Å². The van der Waals surface area contributed by atoms with E-state index in [2.05, 4.69) is 4.99 Å². The van der Waals surface area contributed by atoms with E-state index in [4.69, 9.17) is 25.8 Å². The molecule has 5 nitrogen and oxygen atoms in total. The highest BCUT2D eigenvalue weighted by Gasteiger charge is 2.42. The van der Waals surface area contributed by atoms with Crippen molar-refractivity contribution in [2.24, 2.45) is 4.99 Å². The second kappa shape index (κ2) is 6.37. The summed E-state index contributed by atoms with van der Waals surface area (Å²) in [5.41, 5.74) is -0.0472. The number of benzene rings is 1. The lowest BCUT2D eigenvalue weighted by atomic mass is 9.87. The maximum Gasteiger partial charge on any atom is 0.235 e. The van der Waals surface area contributed by atoms with Gasteiger partial charge in [0, 0.05) is 6.07 Å². The topological polar surface area (TPSA) is 57.1 Å². The van der Waals surface area contributed by atoms with Gasteiger partial charge in [-0.1, -0.05) is 24.4 Å². The first-order valence-corrected chi connectivity index (χ1v) is 7.09. The van der Waals surface area contributed by atoms with Crippen molar-refractivity contribution in [3.63, 3.8) is 0 Å². The fourth-order valence-corrected chi connectivity index (χ4v) is 3.30. The monoisotopic (exact) mass is 311 g/mol. The first kappa shape index (κ1) is 15.7. The Morgan fingerprint density at radius 2 is 1.76 bits per heavy atom. The van der Waals surface area contributed by atoms with E-state index in [9.17, 15) is 4.79 Å². The predicted octanol–water partition coefficient (Wildman–Crippen LogP) is 3.47. The molecule has 0 heterocycles. The van der Waals surface area contributed by atoms with Gasteiger partial charge >= 0.3 is 0 Å². The first-order valence-electron chi connectivity index (χ1n) is 6.71. The molecule has 1 saturated carbocycles. The lowest BCUT2D eigenvalue weighted by molar-refractivity contribution is 0.322. The van der Waals surface area contributed by atoms with Crippen LogP contribution in [0.25, 0.3) is 0 Å². The van der Waals surface area contributed by atoms with E-state index in [1.165, 1.54) is 14.2 Å².